The third-order valence-electron chi connectivity index (χ3n) is 2.78. The lowest BCUT2D eigenvalue weighted by Crippen LogP contribution is -2.16. The SMILES string of the molecule is CN(Cc1cccc(Cl)c1)c1ccc(C=O)cc1. The van der Waals surface area contributed by atoms with Gasteiger partial charge in [0.1, 0.15) is 6.29 Å². The molecule has 0 atom stereocenters. The fourth-order valence-electron chi connectivity index (χ4n) is 1.81. The van der Waals surface area contributed by atoms with E-state index < -0.39 is 0 Å². The molecule has 0 aromatic heterocycles. The van der Waals surface area contributed by atoms with Crippen molar-refractivity contribution in [2.75, 3.05) is 11.9 Å². The molecule has 2 aromatic rings. The van der Waals surface area contributed by atoms with E-state index in [0.29, 0.717) is 5.56 Å². The van der Waals surface area contributed by atoms with E-state index in [4.69, 9.17) is 11.6 Å². The van der Waals surface area contributed by atoms with Crippen molar-refractivity contribution >= 4 is 23.6 Å². The maximum atomic E-state index is 10.6. The van der Waals surface area contributed by atoms with Crippen molar-refractivity contribution in [3.05, 3.63) is 64.7 Å². The van der Waals surface area contributed by atoms with Gasteiger partial charge in [0.25, 0.3) is 0 Å². The highest BCUT2D eigenvalue weighted by molar-refractivity contribution is 6.30. The number of rotatable bonds is 4. The number of aldehydes is 1. The quantitative estimate of drug-likeness (QED) is 0.779. The second-order valence-electron chi connectivity index (χ2n) is 4.20. The highest BCUT2D eigenvalue weighted by atomic mass is 35.5. The van der Waals surface area contributed by atoms with Gasteiger partial charge in [-0.05, 0) is 42.0 Å². The minimum Gasteiger partial charge on any atom is -0.370 e. The monoisotopic (exact) mass is 259 g/mol. The Bertz CT molecular complexity index is 536. The predicted octanol–water partition coefficient (Wildman–Crippen LogP) is 3.79. The van der Waals surface area contributed by atoms with Gasteiger partial charge < -0.3 is 4.90 Å². The highest BCUT2D eigenvalue weighted by Gasteiger charge is 2.02. The van der Waals surface area contributed by atoms with E-state index in [1.165, 1.54) is 0 Å². The Labute approximate surface area is 112 Å². The molecule has 0 saturated carbocycles. The molecule has 0 aliphatic rings. The summed E-state index contributed by atoms with van der Waals surface area (Å²) in [5.74, 6) is 0. The van der Waals surface area contributed by atoms with Crippen molar-refractivity contribution in [2.24, 2.45) is 0 Å². The van der Waals surface area contributed by atoms with Gasteiger partial charge in [-0.2, -0.15) is 0 Å². The first kappa shape index (κ1) is 12.7. The molecule has 2 rings (SSSR count). The van der Waals surface area contributed by atoms with Crippen LogP contribution in [0.1, 0.15) is 15.9 Å². The van der Waals surface area contributed by atoms with E-state index in [0.717, 1.165) is 29.1 Å². The minimum atomic E-state index is 0.690. The molecule has 0 aliphatic heterocycles. The minimum absolute atomic E-state index is 0.690. The lowest BCUT2D eigenvalue weighted by molar-refractivity contribution is 0.112. The number of carbonyl (C=O) groups is 1. The summed E-state index contributed by atoms with van der Waals surface area (Å²) in [6.07, 6.45) is 0.848. The van der Waals surface area contributed by atoms with Crippen LogP contribution in [0.25, 0.3) is 0 Å². The van der Waals surface area contributed by atoms with Gasteiger partial charge in [-0.25, -0.2) is 0 Å². The van der Waals surface area contributed by atoms with Crippen LogP contribution in [-0.2, 0) is 6.54 Å². The average Bonchev–Trinajstić information content (AvgIpc) is 2.39. The van der Waals surface area contributed by atoms with Crippen LogP contribution in [-0.4, -0.2) is 13.3 Å². The van der Waals surface area contributed by atoms with E-state index in [2.05, 4.69) is 4.90 Å². The van der Waals surface area contributed by atoms with E-state index >= 15 is 0 Å². The fraction of sp³-hybridized carbons (Fsp3) is 0.133. The van der Waals surface area contributed by atoms with Gasteiger partial charge in [0.2, 0.25) is 0 Å². The first-order valence-electron chi connectivity index (χ1n) is 5.70. The molecule has 3 heteroatoms. The summed E-state index contributed by atoms with van der Waals surface area (Å²) in [5, 5.41) is 0.747. The third kappa shape index (κ3) is 3.11. The molecular formula is C15H14ClNO. The maximum absolute atomic E-state index is 10.6. The van der Waals surface area contributed by atoms with Gasteiger partial charge in [0.15, 0.2) is 0 Å². The molecule has 0 radical (unpaired) electrons. The molecule has 2 aromatic carbocycles. The Kier molecular flexibility index (Phi) is 4.00. The fourth-order valence-corrected chi connectivity index (χ4v) is 2.02. The van der Waals surface area contributed by atoms with Crippen LogP contribution < -0.4 is 4.90 Å². The molecule has 2 nitrogen and oxygen atoms in total. The van der Waals surface area contributed by atoms with Crippen molar-refractivity contribution in [3.63, 3.8) is 0 Å². The van der Waals surface area contributed by atoms with Crippen LogP contribution in [0.3, 0.4) is 0 Å². The van der Waals surface area contributed by atoms with Crippen LogP contribution in [0, 0.1) is 0 Å². The molecule has 0 fully saturated rings. The Hall–Kier alpha value is -1.80. The van der Waals surface area contributed by atoms with E-state index in [9.17, 15) is 4.79 Å². The molecule has 18 heavy (non-hydrogen) atoms. The Balaban J connectivity index is 2.11. The van der Waals surface area contributed by atoms with E-state index in [1.54, 1.807) is 0 Å². The number of nitrogens with zero attached hydrogens (tertiary/aromatic N) is 1. The van der Waals surface area contributed by atoms with Crippen LogP contribution in [0.15, 0.2) is 48.5 Å². The van der Waals surface area contributed by atoms with Crippen molar-refractivity contribution in [1.29, 1.82) is 0 Å². The average molecular weight is 260 g/mol. The Morgan fingerprint density at radius 1 is 1.17 bits per heavy atom. The van der Waals surface area contributed by atoms with E-state index in [-0.39, 0.29) is 0 Å². The van der Waals surface area contributed by atoms with Crippen molar-refractivity contribution in [1.82, 2.24) is 0 Å². The van der Waals surface area contributed by atoms with Gasteiger partial charge >= 0.3 is 0 Å². The lowest BCUT2D eigenvalue weighted by atomic mass is 10.2. The molecular weight excluding hydrogens is 246 g/mol. The first-order chi connectivity index (χ1) is 8.69. The summed E-state index contributed by atoms with van der Waals surface area (Å²) in [7, 11) is 2.01. The molecule has 0 aliphatic carbocycles. The van der Waals surface area contributed by atoms with Gasteiger partial charge in [-0.1, -0.05) is 23.7 Å². The molecule has 0 N–H and O–H groups in total. The van der Waals surface area contributed by atoms with Crippen LogP contribution >= 0.6 is 11.6 Å². The van der Waals surface area contributed by atoms with Gasteiger partial charge in [0, 0.05) is 29.9 Å². The summed E-state index contributed by atoms with van der Waals surface area (Å²) in [6.45, 7) is 0.779. The normalized spacial score (nSPS) is 10.1. The number of hydrogen-bond acceptors (Lipinski definition) is 2. The molecule has 0 spiro atoms. The lowest BCUT2D eigenvalue weighted by Gasteiger charge is -2.19. The first-order valence-corrected chi connectivity index (χ1v) is 6.07. The molecule has 0 unspecified atom stereocenters. The van der Waals surface area contributed by atoms with Crippen LogP contribution in [0.5, 0.6) is 0 Å². The third-order valence-corrected chi connectivity index (χ3v) is 3.01. The second-order valence-corrected chi connectivity index (χ2v) is 4.63. The summed E-state index contributed by atoms with van der Waals surface area (Å²) < 4.78 is 0. The van der Waals surface area contributed by atoms with Crippen molar-refractivity contribution < 1.29 is 4.79 Å². The topological polar surface area (TPSA) is 20.3 Å². The zero-order valence-corrected chi connectivity index (χ0v) is 10.9. The zero-order chi connectivity index (χ0) is 13.0. The summed E-state index contributed by atoms with van der Waals surface area (Å²) >= 11 is 5.96. The van der Waals surface area contributed by atoms with Crippen LogP contribution in [0.4, 0.5) is 5.69 Å². The second kappa shape index (κ2) is 5.69. The standard InChI is InChI=1S/C15H14ClNO/c1-17(10-13-3-2-4-14(16)9-13)15-7-5-12(11-18)6-8-15/h2-9,11H,10H2,1H3. The number of carbonyl (C=O) groups excluding carboxylic acids is 1. The molecule has 0 saturated heterocycles. The Morgan fingerprint density at radius 3 is 2.50 bits per heavy atom. The Morgan fingerprint density at radius 2 is 1.89 bits per heavy atom. The molecule has 92 valence electrons. The highest BCUT2D eigenvalue weighted by Crippen LogP contribution is 2.17. The molecule has 0 bridgehead atoms. The summed E-state index contributed by atoms with van der Waals surface area (Å²) in [5.41, 5.74) is 2.92. The predicted molar refractivity (Wildman–Crippen MR) is 75.4 cm³/mol. The van der Waals surface area contributed by atoms with Crippen molar-refractivity contribution in [3.8, 4) is 0 Å². The summed E-state index contributed by atoms with van der Waals surface area (Å²) in [4.78, 5) is 12.7. The van der Waals surface area contributed by atoms with Crippen LogP contribution in [0.2, 0.25) is 5.02 Å². The zero-order valence-electron chi connectivity index (χ0n) is 10.1. The van der Waals surface area contributed by atoms with E-state index in [1.807, 2.05) is 55.6 Å². The number of anilines is 1. The number of halogens is 1. The molecule has 0 heterocycles. The number of hydrogen-bond donors (Lipinski definition) is 0. The molecule has 0 amide bonds. The van der Waals surface area contributed by atoms with Gasteiger partial charge in [-0.3, -0.25) is 4.79 Å². The van der Waals surface area contributed by atoms with Gasteiger partial charge in [0.05, 0.1) is 0 Å². The largest absolute Gasteiger partial charge is 0.370 e. The van der Waals surface area contributed by atoms with Crippen molar-refractivity contribution in [2.45, 2.75) is 6.54 Å². The number of benzene rings is 2. The smallest absolute Gasteiger partial charge is 0.150 e. The maximum Gasteiger partial charge on any atom is 0.150 e. The summed E-state index contributed by atoms with van der Waals surface area (Å²) in [6, 6.07) is 15.3. The van der Waals surface area contributed by atoms with Gasteiger partial charge in [-0.15, -0.1) is 0 Å².